The summed E-state index contributed by atoms with van der Waals surface area (Å²) in [6, 6.07) is 9.58. The molecule has 2 aliphatic rings. The molecule has 4 heteroatoms. The molecule has 1 spiro atoms. The number of rotatable bonds is 3. The van der Waals surface area contributed by atoms with Gasteiger partial charge < -0.3 is 14.4 Å². The molecule has 2 aliphatic heterocycles. The largest absolute Gasteiger partial charge is 0.384 e. The predicted octanol–water partition coefficient (Wildman–Crippen LogP) is 2.59. The summed E-state index contributed by atoms with van der Waals surface area (Å²) >= 11 is 0. The number of nitrogens with zero attached hydrogens (tertiary/aromatic N) is 1. The van der Waals surface area contributed by atoms with E-state index in [2.05, 4.69) is 0 Å². The molecule has 0 saturated carbocycles. The highest BCUT2D eigenvalue weighted by atomic mass is 16.5. The van der Waals surface area contributed by atoms with Gasteiger partial charge in [-0.1, -0.05) is 18.2 Å². The van der Waals surface area contributed by atoms with Crippen molar-refractivity contribution in [3.8, 4) is 0 Å². The minimum atomic E-state index is 0.158. The van der Waals surface area contributed by atoms with E-state index >= 15 is 0 Å². The van der Waals surface area contributed by atoms with E-state index in [-0.39, 0.29) is 5.91 Å². The van der Waals surface area contributed by atoms with Gasteiger partial charge in [0.05, 0.1) is 13.2 Å². The SMILES string of the molecule is COCC1COCCC12CCN(C(=O)c1ccccc1)CC2. The van der Waals surface area contributed by atoms with Crippen LogP contribution in [0, 0.1) is 11.3 Å². The van der Waals surface area contributed by atoms with E-state index in [0.29, 0.717) is 11.3 Å². The molecule has 4 nitrogen and oxygen atoms in total. The summed E-state index contributed by atoms with van der Waals surface area (Å²) in [5.74, 6) is 0.617. The van der Waals surface area contributed by atoms with Crippen molar-refractivity contribution in [1.82, 2.24) is 4.90 Å². The number of hydrogen-bond acceptors (Lipinski definition) is 3. The number of benzene rings is 1. The van der Waals surface area contributed by atoms with Crippen LogP contribution in [-0.2, 0) is 9.47 Å². The Morgan fingerprint density at radius 1 is 1.27 bits per heavy atom. The molecule has 2 saturated heterocycles. The molecule has 0 N–H and O–H groups in total. The first-order chi connectivity index (χ1) is 10.7. The van der Waals surface area contributed by atoms with Crippen molar-refractivity contribution in [3.63, 3.8) is 0 Å². The van der Waals surface area contributed by atoms with Crippen LogP contribution in [0.5, 0.6) is 0 Å². The number of piperidine rings is 1. The number of amides is 1. The first-order valence-corrected chi connectivity index (χ1v) is 8.16. The molecule has 0 aliphatic carbocycles. The third-order valence-corrected chi connectivity index (χ3v) is 5.36. The minimum absolute atomic E-state index is 0.158. The molecule has 1 unspecified atom stereocenters. The zero-order valence-corrected chi connectivity index (χ0v) is 13.3. The van der Waals surface area contributed by atoms with Crippen LogP contribution >= 0.6 is 0 Å². The maximum atomic E-state index is 12.6. The normalized spacial score (nSPS) is 24.4. The lowest BCUT2D eigenvalue weighted by molar-refractivity contribution is -0.0912. The molecule has 1 atom stereocenters. The van der Waals surface area contributed by atoms with Crippen LogP contribution in [0.25, 0.3) is 0 Å². The lowest BCUT2D eigenvalue weighted by Gasteiger charge is -2.48. The Labute approximate surface area is 132 Å². The second-order valence-electron chi connectivity index (χ2n) is 6.50. The molecule has 2 heterocycles. The van der Waals surface area contributed by atoms with E-state index in [1.54, 1.807) is 7.11 Å². The summed E-state index contributed by atoms with van der Waals surface area (Å²) in [5.41, 5.74) is 1.08. The quantitative estimate of drug-likeness (QED) is 0.861. The molecule has 0 aromatic heterocycles. The maximum absolute atomic E-state index is 12.6. The fraction of sp³-hybridized carbons (Fsp3) is 0.611. The molecular weight excluding hydrogens is 278 g/mol. The highest BCUT2D eigenvalue weighted by Crippen LogP contribution is 2.44. The van der Waals surface area contributed by atoms with Crippen molar-refractivity contribution in [2.75, 3.05) is 40.0 Å². The third kappa shape index (κ3) is 3.03. The lowest BCUT2D eigenvalue weighted by Crippen LogP contribution is -2.50. The van der Waals surface area contributed by atoms with Crippen LogP contribution in [0.15, 0.2) is 30.3 Å². The standard InChI is InChI=1S/C18H25NO3/c1-21-13-16-14-22-12-9-18(16)7-10-19(11-8-18)17(20)15-5-3-2-4-6-15/h2-6,16H,7-14H2,1H3. The van der Waals surface area contributed by atoms with Gasteiger partial charge in [0.25, 0.3) is 5.91 Å². The van der Waals surface area contributed by atoms with Gasteiger partial charge in [-0.2, -0.15) is 0 Å². The van der Waals surface area contributed by atoms with Crippen molar-refractivity contribution in [1.29, 1.82) is 0 Å². The van der Waals surface area contributed by atoms with E-state index in [1.807, 2.05) is 35.2 Å². The Hall–Kier alpha value is -1.39. The van der Waals surface area contributed by atoms with Gasteiger partial charge in [0.15, 0.2) is 0 Å². The Bertz CT molecular complexity index is 492. The summed E-state index contributed by atoms with van der Waals surface area (Å²) < 4.78 is 11.0. The first-order valence-electron chi connectivity index (χ1n) is 8.16. The molecule has 1 aromatic carbocycles. The molecule has 1 aromatic rings. The lowest BCUT2D eigenvalue weighted by atomic mass is 9.66. The van der Waals surface area contributed by atoms with Gasteiger partial charge in [-0.15, -0.1) is 0 Å². The number of carbonyl (C=O) groups is 1. The summed E-state index contributed by atoms with van der Waals surface area (Å²) in [4.78, 5) is 14.6. The van der Waals surface area contributed by atoms with Gasteiger partial charge in [-0.3, -0.25) is 4.79 Å². The van der Waals surface area contributed by atoms with Crippen LogP contribution < -0.4 is 0 Å². The predicted molar refractivity (Wildman–Crippen MR) is 84.8 cm³/mol. The highest BCUT2D eigenvalue weighted by Gasteiger charge is 2.44. The van der Waals surface area contributed by atoms with E-state index in [4.69, 9.17) is 9.47 Å². The second kappa shape index (κ2) is 6.80. The van der Waals surface area contributed by atoms with Crippen molar-refractivity contribution >= 4 is 5.91 Å². The van der Waals surface area contributed by atoms with Gasteiger partial charge in [0, 0.05) is 38.3 Å². The number of hydrogen-bond donors (Lipinski definition) is 0. The Morgan fingerprint density at radius 2 is 2.00 bits per heavy atom. The summed E-state index contributed by atoms with van der Waals surface area (Å²) in [7, 11) is 1.76. The molecule has 0 bridgehead atoms. The molecule has 0 radical (unpaired) electrons. The number of methoxy groups -OCH3 is 1. The Kier molecular flexibility index (Phi) is 4.79. The number of likely N-dealkylation sites (tertiary alicyclic amines) is 1. The Balaban J connectivity index is 1.65. The van der Waals surface area contributed by atoms with Crippen molar-refractivity contribution in [2.24, 2.45) is 11.3 Å². The zero-order chi connectivity index (χ0) is 15.4. The van der Waals surface area contributed by atoms with E-state index in [0.717, 1.165) is 57.7 Å². The fourth-order valence-corrected chi connectivity index (χ4v) is 3.88. The van der Waals surface area contributed by atoms with Crippen LogP contribution in [0.2, 0.25) is 0 Å². The van der Waals surface area contributed by atoms with Crippen LogP contribution in [0.4, 0.5) is 0 Å². The topological polar surface area (TPSA) is 38.8 Å². The van der Waals surface area contributed by atoms with Gasteiger partial charge in [-0.25, -0.2) is 0 Å². The monoisotopic (exact) mass is 303 g/mol. The number of carbonyl (C=O) groups excluding carboxylic acids is 1. The van der Waals surface area contributed by atoms with Crippen molar-refractivity contribution < 1.29 is 14.3 Å². The van der Waals surface area contributed by atoms with Gasteiger partial charge in [0.1, 0.15) is 0 Å². The number of ether oxygens (including phenoxy) is 2. The van der Waals surface area contributed by atoms with Gasteiger partial charge in [0.2, 0.25) is 0 Å². The van der Waals surface area contributed by atoms with Gasteiger partial charge >= 0.3 is 0 Å². The fourth-order valence-electron chi connectivity index (χ4n) is 3.88. The Morgan fingerprint density at radius 3 is 2.68 bits per heavy atom. The summed E-state index contributed by atoms with van der Waals surface area (Å²) in [6.45, 7) is 4.07. The highest BCUT2D eigenvalue weighted by molar-refractivity contribution is 5.94. The van der Waals surface area contributed by atoms with Crippen LogP contribution in [-0.4, -0.2) is 50.8 Å². The van der Waals surface area contributed by atoms with Crippen molar-refractivity contribution in [2.45, 2.75) is 19.3 Å². The smallest absolute Gasteiger partial charge is 0.253 e. The van der Waals surface area contributed by atoms with E-state index in [1.165, 1.54) is 0 Å². The van der Waals surface area contributed by atoms with Crippen LogP contribution in [0.1, 0.15) is 29.6 Å². The van der Waals surface area contributed by atoms with Crippen molar-refractivity contribution in [3.05, 3.63) is 35.9 Å². The maximum Gasteiger partial charge on any atom is 0.253 e. The molecule has 22 heavy (non-hydrogen) atoms. The third-order valence-electron chi connectivity index (χ3n) is 5.36. The van der Waals surface area contributed by atoms with E-state index in [9.17, 15) is 4.79 Å². The second-order valence-corrected chi connectivity index (χ2v) is 6.50. The van der Waals surface area contributed by atoms with Gasteiger partial charge in [-0.05, 0) is 36.8 Å². The summed E-state index contributed by atoms with van der Waals surface area (Å²) in [6.07, 6.45) is 3.21. The average molecular weight is 303 g/mol. The molecule has 120 valence electrons. The summed E-state index contributed by atoms with van der Waals surface area (Å²) in [5, 5.41) is 0. The molecule has 1 amide bonds. The molecule has 2 fully saturated rings. The molecular formula is C18H25NO3. The molecule has 3 rings (SSSR count). The average Bonchev–Trinajstić information content (AvgIpc) is 2.58. The zero-order valence-electron chi connectivity index (χ0n) is 13.3. The first kappa shape index (κ1) is 15.5. The van der Waals surface area contributed by atoms with Crippen LogP contribution in [0.3, 0.4) is 0 Å². The van der Waals surface area contributed by atoms with E-state index < -0.39 is 0 Å². The minimum Gasteiger partial charge on any atom is -0.384 e.